The molecule has 0 amide bonds. The largest absolute Gasteiger partial charge is 0.391 e. The number of fused-ring (bicyclic) bond motifs is 1. The number of aromatic nitrogens is 2. The quantitative estimate of drug-likeness (QED) is 0.772. The molecule has 0 fully saturated rings. The van der Waals surface area contributed by atoms with Crippen LogP contribution in [0.3, 0.4) is 0 Å². The van der Waals surface area contributed by atoms with Crippen molar-refractivity contribution in [2.45, 2.75) is 12.5 Å². The average Bonchev–Trinajstić information content (AvgIpc) is 2.63. The van der Waals surface area contributed by atoms with Crippen molar-refractivity contribution in [3.8, 4) is 11.1 Å². The Balaban J connectivity index is 1.83. The van der Waals surface area contributed by atoms with E-state index >= 15 is 0 Å². The van der Waals surface area contributed by atoms with E-state index in [1.807, 2.05) is 30.6 Å². The molecule has 2 aromatic heterocycles. The van der Waals surface area contributed by atoms with Crippen LogP contribution in [0.15, 0.2) is 61.3 Å². The Kier molecular flexibility index (Phi) is 3.83. The van der Waals surface area contributed by atoms with Crippen molar-refractivity contribution in [2.75, 3.05) is 11.9 Å². The zero-order chi connectivity index (χ0) is 16.4. The Morgan fingerprint density at radius 3 is 2.83 bits per heavy atom. The van der Waals surface area contributed by atoms with E-state index < -0.39 is 0 Å². The molecule has 0 saturated heterocycles. The lowest BCUT2D eigenvalue weighted by Gasteiger charge is -2.21. The normalized spacial score (nSPS) is 16.8. The molecule has 3 heterocycles. The summed E-state index contributed by atoms with van der Waals surface area (Å²) < 4.78 is 14.2. The van der Waals surface area contributed by atoms with Crippen LogP contribution >= 0.6 is 0 Å². The van der Waals surface area contributed by atoms with Gasteiger partial charge in [0.25, 0.3) is 0 Å². The van der Waals surface area contributed by atoms with Gasteiger partial charge in [0.15, 0.2) is 0 Å². The summed E-state index contributed by atoms with van der Waals surface area (Å²) in [6, 6.07) is 7.51. The third-order valence-corrected chi connectivity index (χ3v) is 4.22. The van der Waals surface area contributed by atoms with Gasteiger partial charge in [0.2, 0.25) is 0 Å². The molecule has 4 rings (SSSR count). The van der Waals surface area contributed by atoms with Gasteiger partial charge in [-0.05, 0) is 53.9 Å². The second-order valence-corrected chi connectivity index (χ2v) is 5.83. The van der Waals surface area contributed by atoms with E-state index in [0.717, 1.165) is 35.0 Å². The lowest BCUT2D eigenvalue weighted by atomic mass is 10.0. The summed E-state index contributed by atoms with van der Waals surface area (Å²) in [5.74, 6) is -0.272. The minimum atomic E-state index is -0.272. The van der Waals surface area contributed by atoms with Crippen LogP contribution in [0.2, 0.25) is 0 Å². The molecule has 1 aliphatic rings. The Morgan fingerprint density at radius 1 is 1.12 bits per heavy atom. The van der Waals surface area contributed by atoms with E-state index in [9.17, 15) is 4.39 Å². The monoisotopic (exact) mass is 320 g/mol. The summed E-state index contributed by atoms with van der Waals surface area (Å²) in [5.41, 5.74) is 2.26. The van der Waals surface area contributed by atoms with Crippen LogP contribution in [0, 0.1) is 5.82 Å². The van der Waals surface area contributed by atoms with Crippen LogP contribution < -0.4 is 10.6 Å². The fourth-order valence-corrected chi connectivity index (χ4v) is 2.99. The predicted octanol–water partition coefficient (Wildman–Crippen LogP) is 3.72. The van der Waals surface area contributed by atoms with Gasteiger partial charge in [-0.25, -0.2) is 4.39 Å². The van der Waals surface area contributed by atoms with Gasteiger partial charge >= 0.3 is 0 Å². The fourth-order valence-electron chi connectivity index (χ4n) is 2.99. The van der Waals surface area contributed by atoms with Crippen molar-refractivity contribution in [2.24, 2.45) is 0 Å². The fraction of sp³-hybridized carbons (Fsp3) is 0.158. The maximum absolute atomic E-state index is 14.2. The summed E-state index contributed by atoms with van der Waals surface area (Å²) in [7, 11) is 0. The number of rotatable bonds is 3. The molecule has 3 aromatic rings. The minimum absolute atomic E-state index is 0.239. The highest BCUT2D eigenvalue weighted by molar-refractivity contribution is 5.97. The van der Waals surface area contributed by atoms with E-state index in [1.54, 1.807) is 12.4 Å². The highest BCUT2D eigenvalue weighted by Crippen LogP contribution is 2.32. The zero-order valence-corrected chi connectivity index (χ0v) is 13.0. The van der Waals surface area contributed by atoms with Crippen molar-refractivity contribution < 1.29 is 4.39 Å². The van der Waals surface area contributed by atoms with Gasteiger partial charge in [0.05, 0.1) is 0 Å². The number of nitrogens with one attached hydrogen (secondary N) is 2. The van der Waals surface area contributed by atoms with Crippen molar-refractivity contribution in [1.82, 2.24) is 15.3 Å². The van der Waals surface area contributed by atoms with Crippen LogP contribution in [-0.4, -0.2) is 22.6 Å². The predicted molar refractivity (Wildman–Crippen MR) is 94.1 cm³/mol. The molecule has 0 saturated carbocycles. The molecule has 1 atom stereocenters. The topological polar surface area (TPSA) is 49.8 Å². The first-order chi connectivity index (χ1) is 11.8. The Morgan fingerprint density at radius 2 is 2.00 bits per heavy atom. The zero-order valence-electron chi connectivity index (χ0n) is 13.0. The lowest BCUT2D eigenvalue weighted by Crippen LogP contribution is -2.27. The number of anilines is 1. The van der Waals surface area contributed by atoms with E-state index in [4.69, 9.17) is 0 Å². The van der Waals surface area contributed by atoms with Crippen molar-refractivity contribution >= 4 is 16.5 Å². The van der Waals surface area contributed by atoms with E-state index in [2.05, 4.69) is 26.7 Å². The first-order valence-electron chi connectivity index (χ1n) is 7.95. The summed E-state index contributed by atoms with van der Waals surface area (Å²) in [6.45, 7) is 0.932. The summed E-state index contributed by atoms with van der Waals surface area (Å²) >= 11 is 0. The van der Waals surface area contributed by atoms with Gasteiger partial charge in [0, 0.05) is 54.0 Å². The van der Waals surface area contributed by atoms with Crippen LogP contribution in [0.25, 0.3) is 21.9 Å². The Labute approximate surface area is 139 Å². The Hall–Kier alpha value is -2.95. The molecule has 120 valence electrons. The second kappa shape index (κ2) is 6.28. The maximum Gasteiger partial charge on any atom is 0.134 e. The molecule has 24 heavy (non-hydrogen) atoms. The summed E-state index contributed by atoms with van der Waals surface area (Å²) in [4.78, 5) is 8.28. The number of benzene rings is 1. The van der Waals surface area contributed by atoms with Crippen molar-refractivity contribution in [3.63, 3.8) is 0 Å². The molecular formula is C19H17FN4. The standard InChI is InChI=1S/C19H17FN4/c20-18-4-8-23-11-16(18)14-9-13-1-5-22-12-17(13)19(10-14)24-15-2-6-21-7-3-15/h1-2,4-6,8-12,15,21,24H,3,7H2. The van der Waals surface area contributed by atoms with Crippen LogP contribution in [0.4, 0.5) is 10.1 Å². The third kappa shape index (κ3) is 2.80. The number of hydrogen-bond donors (Lipinski definition) is 2. The number of halogens is 1. The highest BCUT2D eigenvalue weighted by Gasteiger charge is 2.13. The smallest absolute Gasteiger partial charge is 0.134 e. The van der Waals surface area contributed by atoms with Crippen molar-refractivity contribution in [3.05, 3.63) is 67.1 Å². The lowest BCUT2D eigenvalue weighted by molar-refractivity contribution is 0.629. The first kappa shape index (κ1) is 14.6. The molecular weight excluding hydrogens is 303 g/mol. The molecule has 0 bridgehead atoms. The van der Waals surface area contributed by atoms with E-state index in [-0.39, 0.29) is 11.9 Å². The molecule has 2 N–H and O–H groups in total. The van der Waals surface area contributed by atoms with Crippen LogP contribution in [-0.2, 0) is 0 Å². The maximum atomic E-state index is 14.2. The molecule has 5 heteroatoms. The van der Waals surface area contributed by atoms with Gasteiger partial charge in [-0.3, -0.25) is 9.97 Å². The van der Waals surface area contributed by atoms with Crippen LogP contribution in [0.1, 0.15) is 6.42 Å². The van der Waals surface area contributed by atoms with Gasteiger partial charge < -0.3 is 10.6 Å². The van der Waals surface area contributed by atoms with Crippen LogP contribution in [0.5, 0.6) is 0 Å². The van der Waals surface area contributed by atoms with E-state index in [0.29, 0.717) is 5.56 Å². The number of nitrogens with zero attached hydrogens (tertiary/aromatic N) is 2. The highest BCUT2D eigenvalue weighted by atomic mass is 19.1. The molecule has 1 unspecified atom stereocenters. The van der Waals surface area contributed by atoms with Gasteiger partial charge in [0.1, 0.15) is 5.82 Å². The Bertz CT molecular complexity index is 907. The first-order valence-corrected chi connectivity index (χ1v) is 7.95. The van der Waals surface area contributed by atoms with Crippen molar-refractivity contribution in [1.29, 1.82) is 0 Å². The van der Waals surface area contributed by atoms with E-state index in [1.165, 1.54) is 12.3 Å². The van der Waals surface area contributed by atoms with Gasteiger partial charge in [-0.2, -0.15) is 0 Å². The van der Waals surface area contributed by atoms with Gasteiger partial charge in [-0.15, -0.1) is 0 Å². The summed E-state index contributed by atoms with van der Waals surface area (Å²) in [5, 5.41) is 8.78. The molecule has 0 spiro atoms. The number of pyridine rings is 2. The summed E-state index contributed by atoms with van der Waals surface area (Å²) in [6.07, 6.45) is 11.7. The molecule has 0 radical (unpaired) electrons. The minimum Gasteiger partial charge on any atom is -0.391 e. The number of hydrogen-bond acceptors (Lipinski definition) is 4. The molecule has 1 aromatic carbocycles. The molecule has 1 aliphatic heterocycles. The SMILES string of the molecule is Fc1ccncc1-c1cc(NC2C=CNCC2)c2cnccc2c1. The third-order valence-electron chi connectivity index (χ3n) is 4.22. The molecule has 4 nitrogen and oxygen atoms in total. The second-order valence-electron chi connectivity index (χ2n) is 5.83. The average molecular weight is 320 g/mol. The molecule has 0 aliphatic carbocycles. The van der Waals surface area contributed by atoms with Gasteiger partial charge in [-0.1, -0.05) is 0 Å².